The van der Waals surface area contributed by atoms with Crippen LogP contribution in [0.2, 0.25) is 0 Å². The van der Waals surface area contributed by atoms with Crippen molar-refractivity contribution in [3.05, 3.63) is 30.6 Å². The minimum atomic E-state index is -4.84. The lowest BCUT2D eigenvalue weighted by molar-refractivity contribution is -0.274. The molecule has 0 atom stereocenters. The Morgan fingerprint density at radius 1 is 1.33 bits per heavy atom. The van der Waals surface area contributed by atoms with Crippen molar-refractivity contribution in [1.82, 2.24) is 9.78 Å². The largest absolute Gasteiger partial charge is 0.573 e. The number of phenols is 1. The maximum Gasteiger partial charge on any atom is 0.573 e. The Bertz CT molecular complexity index is 611. The normalized spacial score (nSPS) is 11.6. The minimum Gasteiger partial charge on any atom is -0.508 e. The monoisotopic (exact) mass is 302 g/mol. The first-order valence-corrected chi connectivity index (χ1v) is 5.99. The fourth-order valence-corrected chi connectivity index (χ4v) is 1.77. The zero-order chi connectivity index (χ0) is 15.5. The van der Waals surface area contributed by atoms with Gasteiger partial charge in [0.05, 0.1) is 19.3 Å². The summed E-state index contributed by atoms with van der Waals surface area (Å²) < 4.78 is 47.6. The summed E-state index contributed by atoms with van der Waals surface area (Å²) in [5.41, 5.74) is 0.638. The average molecular weight is 302 g/mol. The third-order valence-electron chi connectivity index (χ3n) is 2.66. The van der Waals surface area contributed by atoms with E-state index < -0.39 is 12.1 Å². The highest BCUT2D eigenvalue weighted by Crippen LogP contribution is 2.36. The van der Waals surface area contributed by atoms with Crippen LogP contribution in [-0.4, -0.2) is 35.0 Å². The van der Waals surface area contributed by atoms with E-state index in [1.165, 1.54) is 18.3 Å². The van der Waals surface area contributed by atoms with E-state index in [9.17, 15) is 18.3 Å². The van der Waals surface area contributed by atoms with Crippen LogP contribution in [0.3, 0.4) is 0 Å². The number of methoxy groups -OCH3 is 1. The van der Waals surface area contributed by atoms with Gasteiger partial charge in [-0.15, -0.1) is 13.2 Å². The Kier molecular flexibility index (Phi) is 4.37. The first-order valence-electron chi connectivity index (χ1n) is 5.99. The lowest BCUT2D eigenvalue weighted by atomic mass is 10.1. The van der Waals surface area contributed by atoms with Crippen LogP contribution in [0.4, 0.5) is 13.2 Å². The first kappa shape index (κ1) is 15.2. The van der Waals surface area contributed by atoms with Gasteiger partial charge in [0.1, 0.15) is 11.5 Å². The fourth-order valence-electron chi connectivity index (χ4n) is 1.77. The summed E-state index contributed by atoms with van der Waals surface area (Å²) in [5.74, 6) is -0.793. The molecule has 1 aromatic carbocycles. The molecule has 0 saturated carbocycles. The molecule has 2 rings (SSSR count). The average Bonchev–Trinajstić information content (AvgIpc) is 2.83. The molecule has 0 radical (unpaired) electrons. The molecule has 0 unspecified atom stereocenters. The van der Waals surface area contributed by atoms with Gasteiger partial charge >= 0.3 is 6.36 Å². The van der Waals surface area contributed by atoms with Gasteiger partial charge in [-0.2, -0.15) is 5.10 Å². The highest BCUT2D eigenvalue weighted by Gasteiger charge is 2.32. The predicted octanol–water partition coefficient (Wildman–Crippen LogP) is 2.80. The molecule has 0 fully saturated rings. The second-order valence-electron chi connectivity index (χ2n) is 4.21. The smallest absolute Gasteiger partial charge is 0.508 e. The van der Waals surface area contributed by atoms with Gasteiger partial charge in [0.2, 0.25) is 0 Å². The molecule has 0 spiro atoms. The molecule has 1 heterocycles. The lowest BCUT2D eigenvalue weighted by Crippen LogP contribution is -2.17. The predicted molar refractivity (Wildman–Crippen MR) is 67.9 cm³/mol. The number of aromatic hydroxyl groups is 1. The van der Waals surface area contributed by atoms with Gasteiger partial charge in [0, 0.05) is 30.5 Å². The standard InChI is InChI=1S/C13H13F3N2O3/c1-20-5-4-18-8-9(7-17-18)11-3-2-10(19)6-12(11)21-13(14,15)16/h2-3,6-8,19H,4-5H2,1H3. The van der Waals surface area contributed by atoms with Crippen molar-refractivity contribution >= 4 is 0 Å². The summed E-state index contributed by atoms with van der Waals surface area (Å²) in [6.45, 7) is 0.909. The highest BCUT2D eigenvalue weighted by atomic mass is 19.4. The van der Waals surface area contributed by atoms with Crippen LogP contribution >= 0.6 is 0 Å². The number of phenolic OH excluding ortho intramolecular Hbond substituents is 1. The van der Waals surface area contributed by atoms with E-state index in [-0.39, 0.29) is 11.3 Å². The van der Waals surface area contributed by atoms with Gasteiger partial charge in [0.15, 0.2) is 0 Å². The number of hydrogen-bond donors (Lipinski definition) is 1. The van der Waals surface area contributed by atoms with Gasteiger partial charge in [0.25, 0.3) is 0 Å². The molecule has 0 aliphatic carbocycles. The minimum absolute atomic E-state index is 0.189. The molecule has 5 nitrogen and oxygen atoms in total. The van der Waals surface area contributed by atoms with Crippen LogP contribution in [-0.2, 0) is 11.3 Å². The number of alkyl halides is 3. The van der Waals surface area contributed by atoms with E-state index in [0.29, 0.717) is 18.7 Å². The van der Waals surface area contributed by atoms with Crippen molar-refractivity contribution in [3.8, 4) is 22.6 Å². The molecular formula is C13H13F3N2O3. The van der Waals surface area contributed by atoms with Gasteiger partial charge in [-0.05, 0) is 12.1 Å². The van der Waals surface area contributed by atoms with Crippen LogP contribution in [0.5, 0.6) is 11.5 Å². The van der Waals surface area contributed by atoms with Gasteiger partial charge in [-0.1, -0.05) is 0 Å². The second-order valence-corrected chi connectivity index (χ2v) is 4.21. The van der Waals surface area contributed by atoms with Crippen LogP contribution in [0.1, 0.15) is 0 Å². The van der Waals surface area contributed by atoms with Crippen molar-refractivity contribution in [2.45, 2.75) is 12.9 Å². The number of hydrogen-bond acceptors (Lipinski definition) is 4. The SMILES string of the molecule is COCCn1cc(-c2ccc(O)cc2OC(F)(F)F)cn1. The lowest BCUT2D eigenvalue weighted by Gasteiger charge is -2.12. The molecule has 1 N–H and O–H groups in total. The van der Waals surface area contributed by atoms with E-state index >= 15 is 0 Å². The summed E-state index contributed by atoms with van der Waals surface area (Å²) in [4.78, 5) is 0. The Morgan fingerprint density at radius 3 is 2.76 bits per heavy atom. The van der Waals surface area contributed by atoms with Gasteiger partial charge in [-0.3, -0.25) is 4.68 Å². The third-order valence-corrected chi connectivity index (χ3v) is 2.66. The molecule has 0 bridgehead atoms. The number of benzene rings is 1. The molecule has 1 aromatic heterocycles. The Balaban J connectivity index is 2.32. The topological polar surface area (TPSA) is 56.5 Å². The van der Waals surface area contributed by atoms with Crippen LogP contribution in [0.25, 0.3) is 11.1 Å². The van der Waals surface area contributed by atoms with Crippen LogP contribution in [0, 0.1) is 0 Å². The van der Waals surface area contributed by atoms with Crippen molar-refractivity contribution in [1.29, 1.82) is 0 Å². The number of aromatic nitrogens is 2. The number of rotatable bonds is 5. The van der Waals surface area contributed by atoms with Crippen molar-refractivity contribution in [3.63, 3.8) is 0 Å². The number of halogens is 3. The molecule has 114 valence electrons. The van der Waals surface area contributed by atoms with E-state index in [2.05, 4.69) is 9.84 Å². The highest BCUT2D eigenvalue weighted by molar-refractivity contribution is 5.70. The Labute approximate surface area is 118 Å². The zero-order valence-corrected chi connectivity index (χ0v) is 11.1. The van der Waals surface area contributed by atoms with Crippen LogP contribution < -0.4 is 4.74 Å². The summed E-state index contributed by atoms with van der Waals surface area (Å²) in [6.07, 6.45) is -1.84. The molecule has 0 amide bonds. The summed E-state index contributed by atoms with van der Waals surface area (Å²) >= 11 is 0. The summed E-state index contributed by atoms with van der Waals surface area (Å²) in [5, 5.41) is 13.3. The van der Waals surface area contributed by atoms with E-state index in [0.717, 1.165) is 6.07 Å². The molecule has 0 aliphatic rings. The summed E-state index contributed by atoms with van der Waals surface area (Å²) in [7, 11) is 1.54. The maximum atomic E-state index is 12.4. The van der Waals surface area contributed by atoms with Crippen molar-refractivity contribution < 1.29 is 27.8 Å². The first-order chi connectivity index (χ1) is 9.89. The van der Waals surface area contributed by atoms with Crippen molar-refractivity contribution in [2.24, 2.45) is 0 Å². The van der Waals surface area contributed by atoms with E-state index in [4.69, 9.17) is 4.74 Å². The van der Waals surface area contributed by atoms with Crippen molar-refractivity contribution in [2.75, 3.05) is 13.7 Å². The third kappa shape index (κ3) is 4.12. The maximum absolute atomic E-state index is 12.4. The molecule has 2 aromatic rings. The zero-order valence-electron chi connectivity index (χ0n) is 11.1. The molecule has 0 saturated heterocycles. The number of nitrogens with zero attached hydrogens (tertiary/aromatic N) is 2. The van der Waals surface area contributed by atoms with E-state index in [1.54, 1.807) is 18.0 Å². The second kappa shape index (κ2) is 6.04. The van der Waals surface area contributed by atoms with Gasteiger partial charge in [-0.25, -0.2) is 0 Å². The summed E-state index contributed by atoms with van der Waals surface area (Å²) in [6, 6.07) is 3.54. The molecule has 21 heavy (non-hydrogen) atoms. The quantitative estimate of drug-likeness (QED) is 0.922. The fraction of sp³-hybridized carbons (Fsp3) is 0.308. The Morgan fingerprint density at radius 2 is 2.10 bits per heavy atom. The van der Waals surface area contributed by atoms with E-state index in [1.807, 2.05) is 0 Å². The molecular weight excluding hydrogens is 289 g/mol. The molecule has 8 heteroatoms. The van der Waals surface area contributed by atoms with Crippen LogP contribution in [0.15, 0.2) is 30.6 Å². The molecule has 0 aliphatic heterocycles. The van der Waals surface area contributed by atoms with Gasteiger partial charge < -0.3 is 14.6 Å². The number of ether oxygens (including phenoxy) is 2. The Hall–Kier alpha value is -2.22.